The number of rotatable bonds is 7. The molecule has 1 saturated carbocycles. The molecule has 4 heteroatoms. The van der Waals surface area contributed by atoms with Crippen LogP contribution in [0.4, 0.5) is 0 Å². The van der Waals surface area contributed by atoms with Crippen LogP contribution in [0.15, 0.2) is 0 Å². The van der Waals surface area contributed by atoms with Gasteiger partial charge in [0.25, 0.3) is 0 Å². The molecule has 0 atom stereocenters. The zero-order chi connectivity index (χ0) is 11.8. The third kappa shape index (κ3) is 6.08. The fraction of sp³-hybridized carbons (Fsp3) is 0.917. The van der Waals surface area contributed by atoms with Crippen molar-refractivity contribution in [3.63, 3.8) is 0 Å². The van der Waals surface area contributed by atoms with E-state index in [4.69, 9.17) is 4.74 Å². The maximum atomic E-state index is 11.4. The second kappa shape index (κ2) is 7.63. The Hall–Kier alpha value is -0.610. The molecular formula is C12H24N2O2. The summed E-state index contributed by atoms with van der Waals surface area (Å²) in [5.41, 5.74) is 0. The molecule has 16 heavy (non-hydrogen) atoms. The van der Waals surface area contributed by atoms with Gasteiger partial charge in [-0.05, 0) is 26.7 Å². The standard InChI is InChI=1S/C12H24N2O2/c1-10(2)16-8-7-13-12(15)9-14-11-5-3-4-6-11/h10-11,14H,3-9H2,1-2H3,(H,13,15). The first-order chi connectivity index (χ1) is 7.68. The van der Waals surface area contributed by atoms with Gasteiger partial charge in [0.15, 0.2) is 0 Å². The Morgan fingerprint density at radius 3 is 2.69 bits per heavy atom. The summed E-state index contributed by atoms with van der Waals surface area (Å²) >= 11 is 0. The highest BCUT2D eigenvalue weighted by atomic mass is 16.5. The van der Waals surface area contributed by atoms with Crippen LogP contribution in [-0.4, -0.2) is 37.7 Å². The van der Waals surface area contributed by atoms with E-state index < -0.39 is 0 Å². The fourth-order valence-corrected chi connectivity index (χ4v) is 1.91. The van der Waals surface area contributed by atoms with E-state index in [1.165, 1.54) is 25.7 Å². The Morgan fingerprint density at radius 2 is 2.06 bits per heavy atom. The average molecular weight is 228 g/mol. The maximum absolute atomic E-state index is 11.4. The Kier molecular flexibility index (Phi) is 6.42. The van der Waals surface area contributed by atoms with Gasteiger partial charge in [-0.3, -0.25) is 4.79 Å². The molecule has 1 rings (SSSR count). The van der Waals surface area contributed by atoms with Crippen LogP contribution in [0.5, 0.6) is 0 Å². The lowest BCUT2D eigenvalue weighted by Crippen LogP contribution is -2.39. The number of hydrogen-bond donors (Lipinski definition) is 2. The Labute approximate surface area is 98.1 Å². The molecule has 0 aromatic heterocycles. The molecule has 2 N–H and O–H groups in total. The second-order valence-electron chi connectivity index (χ2n) is 4.63. The minimum Gasteiger partial charge on any atom is -0.377 e. The molecular weight excluding hydrogens is 204 g/mol. The van der Waals surface area contributed by atoms with Crippen molar-refractivity contribution < 1.29 is 9.53 Å². The fourth-order valence-electron chi connectivity index (χ4n) is 1.91. The zero-order valence-corrected chi connectivity index (χ0v) is 10.4. The second-order valence-corrected chi connectivity index (χ2v) is 4.63. The third-order valence-electron chi connectivity index (χ3n) is 2.78. The molecule has 0 aromatic carbocycles. The van der Waals surface area contributed by atoms with Crippen LogP contribution in [0.1, 0.15) is 39.5 Å². The summed E-state index contributed by atoms with van der Waals surface area (Å²) in [5.74, 6) is 0.0688. The smallest absolute Gasteiger partial charge is 0.234 e. The zero-order valence-electron chi connectivity index (χ0n) is 10.4. The summed E-state index contributed by atoms with van der Waals surface area (Å²) < 4.78 is 5.34. The molecule has 94 valence electrons. The van der Waals surface area contributed by atoms with Crippen molar-refractivity contribution >= 4 is 5.91 Å². The summed E-state index contributed by atoms with van der Waals surface area (Å²) in [6.07, 6.45) is 5.24. The van der Waals surface area contributed by atoms with Crippen LogP contribution in [0.2, 0.25) is 0 Å². The first kappa shape index (κ1) is 13.5. The van der Waals surface area contributed by atoms with E-state index in [9.17, 15) is 4.79 Å². The van der Waals surface area contributed by atoms with Crippen molar-refractivity contribution in [1.29, 1.82) is 0 Å². The molecule has 1 aliphatic rings. The summed E-state index contributed by atoms with van der Waals surface area (Å²) in [7, 11) is 0. The minimum atomic E-state index is 0.0688. The third-order valence-corrected chi connectivity index (χ3v) is 2.78. The Morgan fingerprint density at radius 1 is 1.38 bits per heavy atom. The summed E-state index contributed by atoms with van der Waals surface area (Å²) in [6.45, 7) is 5.61. The highest BCUT2D eigenvalue weighted by Crippen LogP contribution is 2.17. The molecule has 0 aliphatic heterocycles. The molecule has 1 fully saturated rings. The van der Waals surface area contributed by atoms with Gasteiger partial charge in [0.2, 0.25) is 5.91 Å². The van der Waals surface area contributed by atoms with Gasteiger partial charge in [-0.25, -0.2) is 0 Å². The largest absolute Gasteiger partial charge is 0.377 e. The summed E-state index contributed by atoms with van der Waals surface area (Å²) in [5, 5.41) is 6.11. The quantitative estimate of drug-likeness (QED) is 0.641. The van der Waals surface area contributed by atoms with E-state index in [-0.39, 0.29) is 12.0 Å². The number of nitrogens with one attached hydrogen (secondary N) is 2. The van der Waals surface area contributed by atoms with Crippen molar-refractivity contribution in [3.05, 3.63) is 0 Å². The molecule has 0 unspecified atom stereocenters. The first-order valence-corrected chi connectivity index (χ1v) is 6.30. The van der Waals surface area contributed by atoms with E-state index in [0.29, 0.717) is 25.7 Å². The van der Waals surface area contributed by atoms with Gasteiger partial charge < -0.3 is 15.4 Å². The Balaban J connectivity index is 1.94. The van der Waals surface area contributed by atoms with Crippen molar-refractivity contribution in [1.82, 2.24) is 10.6 Å². The lowest BCUT2D eigenvalue weighted by Gasteiger charge is -2.12. The maximum Gasteiger partial charge on any atom is 0.234 e. The predicted octanol–water partition coefficient (Wildman–Crippen LogP) is 1.06. The SMILES string of the molecule is CC(C)OCCNC(=O)CNC1CCCC1. The average Bonchev–Trinajstić information content (AvgIpc) is 2.74. The van der Waals surface area contributed by atoms with Gasteiger partial charge in [0.1, 0.15) is 0 Å². The van der Waals surface area contributed by atoms with Crippen molar-refractivity contribution in [2.24, 2.45) is 0 Å². The van der Waals surface area contributed by atoms with E-state index in [2.05, 4.69) is 10.6 Å². The molecule has 0 heterocycles. The molecule has 0 spiro atoms. The highest BCUT2D eigenvalue weighted by Gasteiger charge is 2.14. The molecule has 0 aromatic rings. The lowest BCUT2D eigenvalue weighted by atomic mass is 10.2. The van der Waals surface area contributed by atoms with Gasteiger partial charge in [0.05, 0.1) is 19.3 Å². The van der Waals surface area contributed by atoms with Crippen LogP contribution in [0.25, 0.3) is 0 Å². The van der Waals surface area contributed by atoms with Gasteiger partial charge >= 0.3 is 0 Å². The van der Waals surface area contributed by atoms with Crippen LogP contribution in [-0.2, 0) is 9.53 Å². The lowest BCUT2D eigenvalue weighted by molar-refractivity contribution is -0.120. The molecule has 0 radical (unpaired) electrons. The van der Waals surface area contributed by atoms with Gasteiger partial charge in [-0.1, -0.05) is 12.8 Å². The molecule has 0 bridgehead atoms. The van der Waals surface area contributed by atoms with E-state index in [0.717, 1.165) is 0 Å². The number of carbonyl (C=O) groups excluding carboxylic acids is 1. The molecule has 1 aliphatic carbocycles. The normalized spacial score (nSPS) is 16.9. The number of ether oxygens (including phenoxy) is 1. The van der Waals surface area contributed by atoms with Crippen molar-refractivity contribution in [2.45, 2.75) is 51.7 Å². The highest BCUT2D eigenvalue weighted by molar-refractivity contribution is 5.77. The topological polar surface area (TPSA) is 50.4 Å². The molecule has 1 amide bonds. The van der Waals surface area contributed by atoms with E-state index in [1.54, 1.807) is 0 Å². The van der Waals surface area contributed by atoms with Crippen LogP contribution >= 0.6 is 0 Å². The summed E-state index contributed by atoms with van der Waals surface area (Å²) in [6, 6.07) is 0.553. The first-order valence-electron chi connectivity index (χ1n) is 6.30. The Bertz CT molecular complexity index is 201. The number of carbonyl (C=O) groups is 1. The monoisotopic (exact) mass is 228 g/mol. The van der Waals surface area contributed by atoms with E-state index in [1.807, 2.05) is 13.8 Å². The summed E-state index contributed by atoms with van der Waals surface area (Å²) in [4.78, 5) is 11.4. The van der Waals surface area contributed by atoms with Crippen LogP contribution < -0.4 is 10.6 Å². The van der Waals surface area contributed by atoms with Gasteiger partial charge in [0, 0.05) is 12.6 Å². The predicted molar refractivity (Wildman–Crippen MR) is 64.4 cm³/mol. The van der Waals surface area contributed by atoms with Gasteiger partial charge in [-0.15, -0.1) is 0 Å². The van der Waals surface area contributed by atoms with Crippen molar-refractivity contribution in [3.8, 4) is 0 Å². The number of hydrogen-bond acceptors (Lipinski definition) is 3. The molecule has 4 nitrogen and oxygen atoms in total. The van der Waals surface area contributed by atoms with Crippen molar-refractivity contribution in [2.75, 3.05) is 19.7 Å². The van der Waals surface area contributed by atoms with E-state index >= 15 is 0 Å². The number of amides is 1. The van der Waals surface area contributed by atoms with Crippen LogP contribution in [0, 0.1) is 0 Å². The van der Waals surface area contributed by atoms with Crippen LogP contribution in [0.3, 0.4) is 0 Å². The van der Waals surface area contributed by atoms with Gasteiger partial charge in [-0.2, -0.15) is 0 Å². The minimum absolute atomic E-state index is 0.0688. The molecule has 0 saturated heterocycles.